The van der Waals surface area contributed by atoms with Crippen molar-refractivity contribution >= 4 is 0 Å². The summed E-state index contributed by atoms with van der Waals surface area (Å²) in [5, 5.41) is 3.70. The summed E-state index contributed by atoms with van der Waals surface area (Å²) in [6, 6.07) is 0.698. The maximum atomic E-state index is 5.40. The largest absolute Gasteiger partial charge is 0.381 e. The molecule has 2 saturated heterocycles. The maximum absolute atomic E-state index is 5.40. The van der Waals surface area contributed by atoms with E-state index >= 15 is 0 Å². The zero-order valence-corrected chi connectivity index (χ0v) is 12.9. The average Bonchev–Trinajstić information content (AvgIpc) is 2.66. The molecule has 0 aromatic carbocycles. The molecule has 19 heavy (non-hydrogen) atoms. The van der Waals surface area contributed by atoms with Gasteiger partial charge in [-0.3, -0.25) is 0 Å². The van der Waals surface area contributed by atoms with Crippen LogP contribution in [0.15, 0.2) is 0 Å². The summed E-state index contributed by atoms with van der Waals surface area (Å²) in [4.78, 5) is 2.66. The van der Waals surface area contributed by atoms with E-state index in [2.05, 4.69) is 24.1 Å². The van der Waals surface area contributed by atoms with Crippen LogP contribution in [0.4, 0.5) is 0 Å². The zero-order valence-electron chi connectivity index (χ0n) is 12.9. The minimum Gasteiger partial charge on any atom is -0.381 e. The minimum absolute atomic E-state index is 0.698. The second-order valence-electron chi connectivity index (χ2n) is 6.62. The van der Waals surface area contributed by atoms with Crippen LogP contribution in [0.5, 0.6) is 0 Å². The molecule has 1 atom stereocenters. The van der Waals surface area contributed by atoms with Crippen LogP contribution in [0.1, 0.15) is 46.0 Å². The van der Waals surface area contributed by atoms with Gasteiger partial charge in [0.1, 0.15) is 0 Å². The lowest BCUT2D eigenvalue weighted by Crippen LogP contribution is -2.40. The second-order valence-corrected chi connectivity index (χ2v) is 6.62. The first-order valence-corrected chi connectivity index (χ1v) is 8.29. The molecule has 0 saturated carbocycles. The number of hydrogen-bond donors (Lipinski definition) is 1. The summed E-state index contributed by atoms with van der Waals surface area (Å²) >= 11 is 0. The third kappa shape index (κ3) is 5.41. The summed E-state index contributed by atoms with van der Waals surface area (Å²) in [5.41, 5.74) is 0. The van der Waals surface area contributed by atoms with Gasteiger partial charge >= 0.3 is 0 Å². The molecule has 0 bridgehead atoms. The van der Waals surface area contributed by atoms with Gasteiger partial charge in [-0.1, -0.05) is 13.8 Å². The normalized spacial score (nSPS) is 27.6. The molecular formula is C16H32N2O. The van der Waals surface area contributed by atoms with Gasteiger partial charge in [0, 0.05) is 32.3 Å². The lowest BCUT2D eigenvalue weighted by atomic mass is 9.89. The Morgan fingerprint density at radius 1 is 1.11 bits per heavy atom. The fourth-order valence-corrected chi connectivity index (χ4v) is 3.40. The molecule has 3 heteroatoms. The van der Waals surface area contributed by atoms with Gasteiger partial charge in [0.15, 0.2) is 0 Å². The van der Waals surface area contributed by atoms with Crippen molar-refractivity contribution < 1.29 is 4.74 Å². The SMILES string of the molecule is CC(C)C1CCCN(CCNC2CCOCC2)CC1. The Morgan fingerprint density at radius 2 is 1.89 bits per heavy atom. The van der Waals surface area contributed by atoms with Gasteiger partial charge in [0.05, 0.1) is 0 Å². The molecule has 1 N–H and O–H groups in total. The lowest BCUT2D eigenvalue weighted by Gasteiger charge is -2.26. The van der Waals surface area contributed by atoms with Crippen LogP contribution < -0.4 is 5.32 Å². The summed E-state index contributed by atoms with van der Waals surface area (Å²) in [7, 11) is 0. The zero-order chi connectivity index (χ0) is 13.5. The van der Waals surface area contributed by atoms with Crippen LogP contribution in [0.25, 0.3) is 0 Å². The standard InChI is InChI=1S/C16H32N2O/c1-14(2)15-4-3-9-18(10-5-15)11-8-17-16-6-12-19-13-7-16/h14-17H,3-13H2,1-2H3. The van der Waals surface area contributed by atoms with E-state index in [-0.39, 0.29) is 0 Å². The van der Waals surface area contributed by atoms with E-state index in [9.17, 15) is 0 Å². The Bertz CT molecular complexity index is 239. The Kier molecular flexibility index (Phi) is 6.62. The third-order valence-electron chi connectivity index (χ3n) is 4.89. The first kappa shape index (κ1) is 15.3. The molecule has 2 aliphatic heterocycles. The van der Waals surface area contributed by atoms with Crippen molar-refractivity contribution in [3.8, 4) is 0 Å². The molecule has 2 fully saturated rings. The van der Waals surface area contributed by atoms with Gasteiger partial charge in [-0.15, -0.1) is 0 Å². The Balaban J connectivity index is 1.60. The van der Waals surface area contributed by atoms with E-state index in [1.54, 1.807) is 0 Å². The highest BCUT2D eigenvalue weighted by atomic mass is 16.5. The molecule has 1 unspecified atom stereocenters. The lowest BCUT2D eigenvalue weighted by molar-refractivity contribution is 0.0772. The topological polar surface area (TPSA) is 24.5 Å². The molecule has 3 nitrogen and oxygen atoms in total. The van der Waals surface area contributed by atoms with E-state index in [1.807, 2.05) is 0 Å². The quantitative estimate of drug-likeness (QED) is 0.829. The molecule has 2 rings (SSSR count). The molecule has 0 radical (unpaired) electrons. The molecule has 2 aliphatic rings. The minimum atomic E-state index is 0.698. The molecular weight excluding hydrogens is 236 g/mol. The van der Waals surface area contributed by atoms with Gasteiger partial charge in [0.2, 0.25) is 0 Å². The van der Waals surface area contributed by atoms with Gasteiger partial charge in [-0.05, 0) is 57.0 Å². The van der Waals surface area contributed by atoms with Crippen LogP contribution in [-0.2, 0) is 4.74 Å². The first-order valence-electron chi connectivity index (χ1n) is 8.29. The summed E-state index contributed by atoms with van der Waals surface area (Å²) in [6.45, 7) is 11.6. The number of hydrogen-bond acceptors (Lipinski definition) is 3. The van der Waals surface area contributed by atoms with Gasteiger partial charge in [-0.25, -0.2) is 0 Å². The van der Waals surface area contributed by atoms with E-state index < -0.39 is 0 Å². The van der Waals surface area contributed by atoms with E-state index in [1.165, 1.54) is 51.7 Å². The Labute approximate surface area is 119 Å². The molecule has 0 aliphatic carbocycles. The summed E-state index contributed by atoms with van der Waals surface area (Å²) < 4.78 is 5.40. The average molecular weight is 268 g/mol. The predicted molar refractivity (Wildman–Crippen MR) is 80.5 cm³/mol. The van der Waals surface area contributed by atoms with Crippen molar-refractivity contribution in [2.75, 3.05) is 39.4 Å². The smallest absolute Gasteiger partial charge is 0.0480 e. The van der Waals surface area contributed by atoms with Crippen molar-refractivity contribution in [1.29, 1.82) is 0 Å². The van der Waals surface area contributed by atoms with Crippen molar-refractivity contribution in [2.45, 2.75) is 52.0 Å². The van der Waals surface area contributed by atoms with Crippen LogP contribution in [-0.4, -0.2) is 50.3 Å². The van der Waals surface area contributed by atoms with E-state index in [0.717, 1.165) is 31.6 Å². The molecule has 0 aromatic rings. The van der Waals surface area contributed by atoms with Gasteiger partial charge in [-0.2, -0.15) is 0 Å². The van der Waals surface area contributed by atoms with Crippen LogP contribution >= 0.6 is 0 Å². The first-order chi connectivity index (χ1) is 9.25. The van der Waals surface area contributed by atoms with Crippen LogP contribution in [0.3, 0.4) is 0 Å². The monoisotopic (exact) mass is 268 g/mol. The molecule has 0 aromatic heterocycles. The van der Waals surface area contributed by atoms with Crippen LogP contribution in [0, 0.1) is 11.8 Å². The van der Waals surface area contributed by atoms with Crippen molar-refractivity contribution in [3.05, 3.63) is 0 Å². The van der Waals surface area contributed by atoms with E-state index in [4.69, 9.17) is 4.74 Å². The highest BCUT2D eigenvalue weighted by molar-refractivity contribution is 4.74. The van der Waals surface area contributed by atoms with Crippen molar-refractivity contribution in [2.24, 2.45) is 11.8 Å². The number of rotatable bonds is 5. The molecule has 0 amide bonds. The van der Waals surface area contributed by atoms with Gasteiger partial charge in [0.25, 0.3) is 0 Å². The molecule has 2 heterocycles. The number of likely N-dealkylation sites (tertiary alicyclic amines) is 1. The fourth-order valence-electron chi connectivity index (χ4n) is 3.40. The van der Waals surface area contributed by atoms with Gasteiger partial charge < -0.3 is 15.0 Å². The second kappa shape index (κ2) is 8.23. The predicted octanol–water partition coefficient (Wildman–Crippen LogP) is 2.51. The summed E-state index contributed by atoms with van der Waals surface area (Å²) in [5.74, 6) is 1.81. The highest BCUT2D eigenvalue weighted by Gasteiger charge is 2.19. The van der Waals surface area contributed by atoms with Crippen LogP contribution in [0.2, 0.25) is 0 Å². The Morgan fingerprint density at radius 3 is 2.63 bits per heavy atom. The van der Waals surface area contributed by atoms with Crippen molar-refractivity contribution in [1.82, 2.24) is 10.2 Å². The molecule has 0 spiro atoms. The third-order valence-corrected chi connectivity index (χ3v) is 4.89. The number of ether oxygens (including phenoxy) is 1. The fraction of sp³-hybridized carbons (Fsp3) is 1.00. The highest BCUT2D eigenvalue weighted by Crippen LogP contribution is 2.24. The van der Waals surface area contributed by atoms with E-state index in [0.29, 0.717) is 6.04 Å². The maximum Gasteiger partial charge on any atom is 0.0480 e. The Hall–Kier alpha value is -0.120. The van der Waals surface area contributed by atoms with Crippen molar-refractivity contribution in [3.63, 3.8) is 0 Å². The number of nitrogens with zero attached hydrogens (tertiary/aromatic N) is 1. The summed E-state index contributed by atoms with van der Waals surface area (Å²) in [6.07, 6.45) is 6.60. The molecule has 112 valence electrons. The number of nitrogens with one attached hydrogen (secondary N) is 1.